The number of halogens is 1. The van der Waals surface area contributed by atoms with Gasteiger partial charge < -0.3 is 9.64 Å². The van der Waals surface area contributed by atoms with Crippen LogP contribution in [0.15, 0.2) is 0 Å². The fourth-order valence-electron chi connectivity index (χ4n) is 2.07. The predicted molar refractivity (Wildman–Crippen MR) is 77.4 cm³/mol. The fraction of sp³-hybridized carbons (Fsp3) is 0.667. The average Bonchev–Trinajstić information content (AvgIpc) is 2.80. The molecule has 0 N–H and O–H groups in total. The zero-order valence-electron chi connectivity index (χ0n) is 11.4. The van der Waals surface area contributed by atoms with Gasteiger partial charge in [-0.3, -0.25) is 4.90 Å². The van der Waals surface area contributed by atoms with Crippen molar-refractivity contribution in [3.8, 4) is 0 Å². The first-order chi connectivity index (χ1) is 9.02. The number of ether oxygens (including phenoxy) is 1. The van der Waals surface area contributed by atoms with Gasteiger partial charge in [-0.15, -0.1) is 0 Å². The van der Waals surface area contributed by atoms with Crippen LogP contribution in [0.4, 0.5) is 5.13 Å². The zero-order valence-corrected chi connectivity index (χ0v) is 12.9. The molecule has 2 rings (SSSR count). The molecule has 1 saturated heterocycles. The minimum atomic E-state index is -0.422. The zero-order chi connectivity index (χ0) is 14.0. The third kappa shape index (κ3) is 3.19. The van der Waals surface area contributed by atoms with Gasteiger partial charge in [-0.25, -0.2) is 9.78 Å². The first-order valence-corrected chi connectivity index (χ1v) is 7.46. The van der Waals surface area contributed by atoms with E-state index < -0.39 is 5.97 Å². The first kappa shape index (κ1) is 14.6. The van der Waals surface area contributed by atoms with Crippen molar-refractivity contribution in [1.29, 1.82) is 0 Å². The SMILES string of the molecule is COC(=O)c1sc(N2CCN(C(C)C)CC2)nc1Cl. The molecule has 2 heterocycles. The molecule has 0 aromatic carbocycles. The quantitative estimate of drug-likeness (QED) is 0.800. The Labute approximate surface area is 122 Å². The normalized spacial score (nSPS) is 17.0. The number of hydrogen-bond donors (Lipinski definition) is 0. The van der Waals surface area contributed by atoms with E-state index in [9.17, 15) is 4.79 Å². The molecule has 1 aromatic rings. The number of aromatic nitrogens is 1. The molecule has 0 bridgehead atoms. The Balaban J connectivity index is 2.06. The summed E-state index contributed by atoms with van der Waals surface area (Å²) in [5, 5.41) is 1.03. The highest BCUT2D eigenvalue weighted by molar-refractivity contribution is 7.18. The summed E-state index contributed by atoms with van der Waals surface area (Å²) >= 11 is 7.28. The minimum absolute atomic E-state index is 0.234. The minimum Gasteiger partial charge on any atom is -0.465 e. The van der Waals surface area contributed by atoms with Crippen molar-refractivity contribution in [2.75, 3.05) is 38.2 Å². The van der Waals surface area contributed by atoms with Crippen LogP contribution in [-0.2, 0) is 4.74 Å². The molecule has 0 amide bonds. The average molecular weight is 304 g/mol. The third-order valence-electron chi connectivity index (χ3n) is 3.26. The monoisotopic (exact) mass is 303 g/mol. The first-order valence-electron chi connectivity index (χ1n) is 6.26. The summed E-state index contributed by atoms with van der Waals surface area (Å²) in [6, 6.07) is 0.563. The molecule has 19 heavy (non-hydrogen) atoms. The number of esters is 1. The van der Waals surface area contributed by atoms with Gasteiger partial charge in [0.05, 0.1) is 7.11 Å². The van der Waals surface area contributed by atoms with Crippen LogP contribution in [0.5, 0.6) is 0 Å². The van der Waals surface area contributed by atoms with Crippen molar-refractivity contribution in [2.45, 2.75) is 19.9 Å². The lowest BCUT2D eigenvalue weighted by Crippen LogP contribution is -2.48. The standard InChI is InChI=1S/C12H18ClN3O2S/c1-8(2)15-4-6-16(7-5-15)12-14-10(13)9(19-12)11(17)18-3/h8H,4-7H2,1-3H3. The molecule has 1 aliphatic heterocycles. The van der Waals surface area contributed by atoms with Crippen LogP contribution >= 0.6 is 22.9 Å². The Hall–Kier alpha value is -0.850. The molecular formula is C12H18ClN3O2S. The van der Waals surface area contributed by atoms with Gasteiger partial charge in [-0.2, -0.15) is 0 Å². The van der Waals surface area contributed by atoms with Gasteiger partial charge in [0.1, 0.15) is 0 Å². The molecule has 1 aromatic heterocycles. The van der Waals surface area contributed by atoms with Gasteiger partial charge in [0.15, 0.2) is 15.2 Å². The largest absolute Gasteiger partial charge is 0.465 e. The van der Waals surface area contributed by atoms with Crippen LogP contribution in [-0.4, -0.2) is 55.2 Å². The van der Waals surface area contributed by atoms with Crippen LogP contribution < -0.4 is 4.90 Å². The number of methoxy groups -OCH3 is 1. The number of carbonyl (C=O) groups is 1. The van der Waals surface area contributed by atoms with Crippen molar-refractivity contribution < 1.29 is 9.53 Å². The van der Waals surface area contributed by atoms with Crippen LogP contribution in [0.2, 0.25) is 5.15 Å². The summed E-state index contributed by atoms with van der Waals surface area (Å²) in [6.45, 7) is 8.21. The maximum absolute atomic E-state index is 11.5. The van der Waals surface area contributed by atoms with Crippen LogP contribution in [0.3, 0.4) is 0 Å². The highest BCUT2D eigenvalue weighted by Crippen LogP contribution is 2.30. The van der Waals surface area contributed by atoms with Crippen molar-refractivity contribution in [1.82, 2.24) is 9.88 Å². The van der Waals surface area contributed by atoms with Gasteiger partial charge in [0.25, 0.3) is 0 Å². The molecule has 0 saturated carbocycles. The Morgan fingerprint density at radius 3 is 2.53 bits per heavy atom. The van der Waals surface area contributed by atoms with E-state index in [0.717, 1.165) is 31.3 Å². The molecule has 5 nitrogen and oxygen atoms in total. The molecule has 0 radical (unpaired) electrons. The van der Waals surface area contributed by atoms with Crippen LogP contribution in [0.1, 0.15) is 23.5 Å². The Kier molecular flexibility index (Phi) is 4.65. The lowest BCUT2D eigenvalue weighted by molar-refractivity contribution is 0.0606. The summed E-state index contributed by atoms with van der Waals surface area (Å²) in [7, 11) is 1.35. The third-order valence-corrected chi connectivity index (χ3v) is 4.74. The van der Waals surface area contributed by atoms with E-state index in [1.54, 1.807) is 0 Å². The Morgan fingerprint density at radius 1 is 1.37 bits per heavy atom. The second-order valence-corrected chi connectivity index (χ2v) is 6.06. The lowest BCUT2D eigenvalue weighted by Gasteiger charge is -2.36. The number of nitrogens with zero attached hydrogens (tertiary/aromatic N) is 3. The van der Waals surface area contributed by atoms with E-state index >= 15 is 0 Å². The summed E-state index contributed by atoms with van der Waals surface area (Å²) in [6.07, 6.45) is 0. The van der Waals surface area contributed by atoms with E-state index in [1.165, 1.54) is 18.4 Å². The summed E-state index contributed by atoms with van der Waals surface area (Å²) in [4.78, 5) is 20.7. The number of rotatable bonds is 3. The second-order valence-electron chi connectivity index (χ2n) is 4.72. The van der Waals surface area contributed by atoms with E-state index in [-0.39, 0.29) is 5.15 Å². The lowest BCUT2D eigenvalue weighted by atomic mass is 10.2. The Bertz CT molecular complexity index is 456. The highest BCUT2D eigenvalue weighted by atomic mass is 35.5. The van der Waals surface area contributed by atoms with Gasteiger partial charge in [0, 0.05) is 32.2 Å². The topological polar surface area (TPSA) is 45.7 Å². The van der Waals surface area contributed by atoms with Crippen molar-refractivity contribution >= 4 is 34.0 Å². The number of piperazine rings is 1. The van der Waals surface area contributed by atoms with E-state index in [2.05, 4.69) is 33.4 Å². The van der Waals surface area contributed by atoms with Crippen LogP contribution in [0.25, 0.3) is 0 Å². The molecule has 0 spiro atoms. The summed E-state index contributed by atoms with van der Waals surface area (Å²) in [5.74, 6) is -0.422. The highest BCUT2D eigenvalue weighted by Gasteiger charge is 2.24. The predicted octanol–water partition coefficient (Wildman–Crippen LogP) is 2.11. The molecule has 0 unspecified atom stereocenters. The number of hydrogen-bond acceptors (Lipinski definition) is 6. The molecule has 7 heteroatoms. The molecule has 1 aliphatic rings. The maximum atomic E-state index is 11.5. The maximum Gasteiger partial charge on any atom is 0.351 e. The van der Waals surface area contributed by atoms with Gasteiger partial charge in [-0.1, -0.05) is 22.9 Å². The smallest absolute Gasteiger partial charge is 0.351 e. The molecule has 106 valence electrons. The number of carbonyl (C=O) groups excluding carboxylic acids is 1. The van der Waals surface area contributed by atoms with Crippen molar-refractivity contribution in [2.24, 2.45) is 0 Å². The summed E-state index contributed by atoms with van der Waals surface area (Å²) in [5.41, 5.74) is 0. The van der Waals surface area contributed by atoms with E-state index in [4.69, 9.17) is 11.6 Å². The Morgan fingerprint density at radius 2 is 2.00 bits per heavy atom. The number of anilines is 1. The van der Waals surface area contributed by atoms with Gasteiger partial charge in [0.2, 0.25) is 0 Å². The van der Waals surface area contributed by atoms with E-state index in [0.29, 0.717) is 10.9 Å². The molecule has 0 aliphatic carbocycles. The fourth-order valence-corrected chi connectivity index (χ4v) is 3.33. The van der Waals surface area contributed by atoms with Crippen molar-refractivity contribution in [3.63, 3.8) is 0 Å². The molecule has 1 fully saturated rings. The molecular weight excluding hydrogens is 286 g/mol. The van der Waals surface area contributed by atoms with Crippen molar-refractivity contribution in [3.05, 3.63) is 10.0 Å². The summed E-state index contributed by atoms with van der Waals surface area (Å²) < 4.78 is 4.69. The molecule has 0 atom stereocenters. The second kappa shape index (κ2) is 6.07. The van der Waals surface area contributed by atoms with E-state index in [1.807, 2.05) is 0 Å². The number of thiazole rings is 1. The van der Waals surface area contributed by atoms with Gasteiger partial charge >= 0.3 is 5.97 Å². The van der Waals surface area contributed by atoms with Crippen LogP contribution in [0, 0.1) is 0 Å². The van der Waals surface area contributed by atoms with Gasteiger partial charge in [-0.05, 0) is 13.8 Å².